The lowest BCUT2D eigenvalue weighted by atomic mass is 10.1. The lowest BCUT2D eigenvalue weighted by Crippen LogP contribution is -2.30. The normalized spacial score (nSPS) is 13.7. The smallest absolute Gasteiger partial charge is 0.257 e. The zero-order chi connectivity index (χ0) is 23.6. The predicted molar refractivity (Wildman–Crippen MR) is 130 cm³/mol. The molecule has 0 saturated heterocycles. The van der Waals surface area contributed by atoms with Gasteiger partial charge in [0.2, 0.25) is 10.0 Å². The number of amides is 1. The summed E-state index contributed by atoms with van der Waals surface area (Å²) in [5.74, 6) is 0.643. The van der Waals surface area contributed by atoms with Crippen molar-refractivity contribution in [2.24, 2.45) is 0 Å². The van der Waals surface area contributed by atoms with Crippen LogP contribution in [-0.2, 0) is 23.0 Å². The number of benzene rings is 2. The van der Waals surface area contributed by atoms with E-state index >= 15 is 0 Å². The van der Waals surface area contributed by atoms with Gasteiger partial charge in [0.1, 0.15) is 5.82 Å². The number of imidazole rings is 1. The number of carbonyl (C=O) groups is 1. The molecule has 0 unspecified atom stereocenters. The average molecular weight is 487 g/mol. The van der Waals surface area contributed by atoms with E-state index < -0.39 is 15.9 Å². The van der Waals surface area contributed by atoms with Crippen LogP contribution in [0, 0.1) is 0 Å². The lowest BCUT2D eigenvalue weighted by Gasteiger charge is -2.19. The molecule has 3 aromatic rings. The summed E-state index contributed by atoms with van der Waals surface area (Å²) in [7, 11) is -3.70. The van der Waals surface area contributed by atoms with Gasteiger partial charge in [-0.25, -0.2) is 13.4 Å². The van der Waals surface area contributed by atoms with Gasteiger partial charge in [-0.2, -0.15) is 4.31 Å². The monoisotopic (exact) mass is 486 g/mol. The maximum absolute atomic E-state index is 12.9. The first-order valence-electron chi connectivity index (χ1n) is 11.1. The lowest BCUT2D eigenvalue weighted by molar-refractivity contribution is 0.102. The maximum atomic E-state index is 12.9. The van der Waals surface area contributed by atoms with E-state index in [1.807, 2.05) is 12.1 Å². The number of aryl methyl sites for hydroxylation is 2. The molecule has 2 heterocycles. The Morgan fingerprint density at radius 1 is 1.12 bits per heavy atom. The third-order valence-electron chi connectivity index (χ3n) is 5.87. The second kappa shape index (κ2) is 9.67. The summed E-state index contributed by atoms with van der Waals surface area (Å²) in [4.78, 5) is 17.7. The summed E-state index contributed by atoms with van der Waals surface area (Å²) in [6.07, 6.45) is 5.41. The van der Waals surface area contributed by atoms with Crippen LogP contribution in [0.1, 0.15) is 42.9 Å². The quantitative estimate of drug-likeness (QED) is 0.518. The van der Waals surface area contributed by atoms with Crippen molar-refractivity contribution in [1.82, 2.24) is 13.9 Å². The number of hydrogen-bond donors (Lipinski definition) is 1. The van der Waals surface area contributed by atoms with Gasteiger partial charge in [0.25, 0.3) is 5.91 Å². The van der Waals surface area contributed by atoms with Crippen LogP contribution in [0.2, 0.25) is 5.02 Å². The van der Waals surface area contributed by atoms with Gasteiger partial charge in [0, 0.05) is 43.5 Å². The van der Waals surface area contributed by atoms with Gasteiger partial charge in [-0.3, -0.25) is 4.79 Å². The minimum atomic E-state index is -3.70. The molecule has 1 N–H and O–H groups in total. The van der Waals surface area contributed by atoms with Crippen LogP contribution < -0.4 is 5.32 Å². The Bertz CT molecular complexity index is 1240. The molecule has 0 radical (unpaired) electrons. The van der Waals surface area contributed by atoms with Crippen molar-refractivity contribution in [1.29, 1.82) is 0 Å². The largest absolute Gasteiger partial charge is 0.334 e. The summed E-state index contributed by atoms with van der Waals surface area (Å²) in [6, 6.07) is 11.6. The SMILES string of the molecule is CCN(CC)S(=O)(=O)c1ccc(Cl)c(C(=O)Nc2ccc(-c3cn4c(n3)CCCC4)cc2)c1. The molecule has 4 rings (SSSR count). The summed E-state index contributed by atoms with van der Waals surface area (Å²) >= 11 is 6.23. The number of rotatable bonds is 7. The van der Waals surface area contributed by atoms with Gasteiger partial charge >= 0.3 is 0 Å². The van der Waals surface area contributed by atoms with Crippen molar-refractivity contribution < 1.29 is 13.2 Å². The van der Waals surface area contributed by atoms with Gasteiger partial charge in [-0.05, 0) is 43.2 Å². The fourth-order valence-electron chi connectivity index (χ4n) is 4.03. The Morgan fingerprint density at radius 2 is 1.85 bits per heavy atom. The van der Waals surface area contributed by atoms with Gasteiger partial charge < -0.3 is 9.88 Å². The zero-order valence-corrected chi connectivity index (χ0v) is 20.3. The first-order valence-corrected chi connectivity index (χ1v) is 12.9. The highest BCUT2D eigenvalue weighted by atomic mass is 35.5. The van der Waals surface area contributed by atoms with E-state index in [-0.39, 0.29) is 15.5 Å². The second-order valence-corrected chi connectivity index (χ2v) is 10.3. The highest BCUT2D eigenvalue weighted by Gasteiger charge is 2.24. The third kappa shape index (κ3) is 4.83. The van der Waals surface area contributed by atoms with E-state index in [9.17, 15) is 13.2 Å². The van der Waals surface area contributed by atoms with E-state index in [0.29, 0.717) is 18.8 Å². The Labute approximate surface area is 199 Å². The number of hydrogen-bond acceptors (Lipinski definition) is 4. The molecule has 0 aliphatic carbocycles. The number of nitrogens with zero attached hydrogens (tertiary/aromatic N) is 3. The molecule has 2 aromatic carbocycles. The Morgan fingerprint density at radius 3 is 2.52 bits per heavy atom. The van der Waals surface area contributed by atoms with Crippen LogP contribution in [0.5, 0.6) is 0 Å². The minimum Gasteiger partial charge on any atom is -0.334 e. The fourth-order valence-corrected chi connectivity index (χ4v) is 5.71. The van der Waals surface area contributed by atoms with E-state index in [1.54, 1.807) is 26.0 Å². The van der Waals surface area contributed by atoms with Crippen molar-refractivity contribution in [3.63, 3.8) is 0 Å². The number of aromatic nitrogens is 2. The Kier molecular flexibility index (Phi) is 6.88. The molecule has 33 heavy (non-hydrogen) atoms. The van der Waals surface area contributed by atoms with Crippen LogP contribution in [0.3, 0.4) is 0 Å². The molecule has 0 bridgehead atoms. The molecular weight excluding hydrogens is 460 g/mol. The van der Waals surface area contributed by atoms with Crippen LogP contribution >= 0.6 is 11.6 Å². The number of halogens is 1. The van der Waals surface area contributed by atoms with E-state index in [1.165, 1.54) is 35.3 Å². The van der Waals surface area contributed by atoms with Gasteiger partial charge in [0.05, 0.1) is 21.2 Å². The standard InChI is InChI=1S/C24H27ClN4O3S/c1-3-29(4-2)33(31,32)19-12-13-21(25)20(15-19)24(30)26-18-10-8-17(9-11-18)22-16-28-14-6-5-7-23(28)27-22/h8-13,15-16H,3-7,14H2,1-2H3,(H,26,30). The predicted octanol–water partition coefficient (Wildman–Crippen LogP) is 4.82. The number of fused-ring (bicyclic) bond motifs is 1. The summed E-state index contributed by atoms with van der Waals surface area (Å²) in [5.41, 5.74) is 2.58. The van der Waals surface area contributed by atoms with E-state index in [0.717, 1.165) is 30.0 Å². The highest BCUT2D eigenvalue weighted by Crippen LogP contribution is 2.26. The average Bonchev–Trinajstić information content (AvgIpc) is 3.24. The molecule has 1 aliphatic rings. The van der Waals surface area contributed by atoms with Crippen molar-refractivity contribution >= 4 is 33.2 Å². The first-order chi connectivity index (χ1) is 15.8. The molecule has 1 aromatic heterocycles. The van der Waals surface area contributed by atoms with Crippen molar-refractivity contribution in [2.45, 2.75) is 44.6 Å². The third-order valence-corrected chi connectivity index (χ3v) is 8.25. The van der Waals surface area contributed by atoms with Gasteiger partial charge in [-0.1, -0.05) is 37.6 Å². The van der Waals surface area contributed by atoms with Gasteiger partial charge in [0.15, 0.2) is 0 Å². The maximum Gasteiger partial charge on any atom is 0.257 e. The number of nitrogens with one attached hydrogen (secondary N) is 1. The van der Waals surface area contributed by atoms with Crippen molar-refractivity contribution in [2.75, 3.05) is 18.4 Å². The zero-order valence-electron chi connectivity index (χ0n) is 18.7. The molecule has 0 saturated carbocycles. The fraction of sp³-hybridized carbons (Fsp3) is 0.333. The number of sulfonamides is 1. The molecule has 9 heteroatoms. The van der Waals surface area contributed by atoms with Crippen LogP contribution in [0.25, 0.3) is 11.3 Å². The Hall–Kier alpha value is -2.68. The molecule has 1 amide bonds. The van der Waals surface area contributed by atoms with Crippen LogP contribution in [0.15, 0.2) is 53.6 Å². The first kappa shape index (κ1) is 23.5. The Balaban J connectivity index is 1.53. The molecule has 7 nitrogen and oxygen atoms in total. The number of carbonyl (C=O) groups excluding carboxylic acids is 1. The molecule has 0 atom stereocenters. The summed E-state index contributed by atoms with van der Waals surface area (Å²) < 4.78 is 29.2. The van der Waals surface area contributed by atoms with E-state index in [2.05, 4.69) is 16.1 Å². The molecule has 0 spiro atoms. The topological polar surface area (TPSA) is 84.3 Å². The summed E-state index contributed by atoms with van der Waals surface area (Å²) in [6.45, 7) is 5.23. The highest BCUT2D eigenvalue weighted by molar-refractivity contribution is 7.89. The second-order valence-electron chi connectivity index (χ2n) is 7.96. The molecule has 0 fully saturated rings. The minimum absolute atomic E-state index is 0.0415. The molecular formula is C24H27ClN4O3S. The summed E-state index contributed by atoms with van der Waals surface area (Å²) in [5, 5.41) is 2.99. The van der Waals surface area contributed by atoms with Crippen LogP contribution in [0.4, 0.5) is 5.69 Å². The number of anilines is 1. The molecule has 1 aliphatic heterocycles. The van der Waals surface area contributed by atoms with Crippen molar-refractivity contribution in [3.05, 3.63) is 65.1 Å². The van der Waals surface area contributed by atoms with E-state index in [4.69, 9.17) is 16.6 Å². The van der Waals surface area contributed by atoms with Crippen LogP contribution in [-0.4, -0.2) is 41.3 Å². The van der Waals surface area contributed by atoms with Crippen molar-refractivity contribution in [3.8, 4) is 11.3 Å². The van der Waals surface area contributed by atoms with Gasteiger partial charge in [-0.15, -0.1) is 0 Å². The molecule has 174 valence electrons.